The summed E-state index contributed by atoms with van der Waals surface area (Å²) in [6.45, 7) is 2.07. The Hall–Kier alpha value is -1.46. The highest BCUT2D eigenvalue weighted by molar-refractivity contribution is 5.85. The smallest absolute Gasteiger partial charge is 0.259 e. The van der Waals surface area contributed by atoms with Gasteiger partial charge in [-0.25, -0.2) is 0 Å². The van der Waals surface area contributed by atoms with E-state index >= 15 is 0 Å². The molecule has 0 aliphatic carbocycles. The van der Waals surface area contributed by atoms with Gasteiger partial charge in [0.05, 0.1) is 5.56 Å². The van der Waals surface area contributed by atoms with Crippen LogP contribution in [-0.4, -0.2) is 28.2 Å². The van der Waals surface area contributed by atoms with Crippen LogP contribution in [0, 0.1) is 0 Å². The van der Waals surface area contributed by atoms with Crippen LogP contribution in [0.3, 0.4) is 0 Å². The summed E-state index contributed by atoms with van der Waals surface area (Å²) < 4.78 is 5.17. The maximum Gasteiger partial charge on any atom is 0.259 e. The second kappa shape index (κ2) is 6.32. The molecule has 1 atom stereocenters. The van der Waals surface area contributed by atoms with E-state index < -0.39 is 0 Å². The molecule has 2 heterocycles. The minimum atomic E-state index is 0. The van der Waals surface area contributed by atoms with Crippen molar-refractivity contribution < 1.29 is 4.52 Å². The standard InChI is InChI=1S/C11H14N4O.ClH/c1-8(12-2)6-10-14-11(16-15-10)9-4-3-5-13-7-9;/h3-5,7-8,12H,6H2,1-2H3;1H. The molecule has 6 heteroatoms. The minimum Gasteiger partial charge on any atom is -0.334 e. The molecule has 0 amide bonds. The van der Waals surface area contributed by atoms with Crippen molar-refractivity contribution in [3.8, 4) is 11.5 Å². The predicted molar refractivity (Wildman–Crippen MR) is 67.0 cm³/mol. The van der Waals surface area contributed by atoms with E-state index in [-0.39, 0.29) is 12.4 Å². The van der Waals surface area contributed by atoms with Crippen LogP contribution < -0.4 is 5.32 Å². The van der Waals surface area contributed by atoms with Gasteiger partial charge >= 0.3 is 0 Å². The Balaban J connectivity index is 0.00000144. The van der Waals surface area contributed by atoms with Crippen LogP contribution in [0.1, 0.15) is 12.7 Å². The normalized spacial score (nSPS) is 11.9. The summed E-state index contributed by atoms with van der Waals surface area (Å²) in [5.74, 6) is 1.23. The third-order valence-electron chi connectivity index (χ3n) is 2.36. The third kappa shape index (κ3) is 3.51. The van der Waals surface area contributed by atoms with Gasteiger partial charge in [-0.05, 0) is 26.1 Å². The third-order valence-corrected chi connectivity index (χ3v) is 2.36. The number of halogens is 1. The molecule has 0 fully saturated rings. The molecule has 0 radical (unpaired) electrons. The molecular weight excluding hydrogens is 240 g/mol. The Kier molecular flexibility index (Phi) is 5.06. The highest BCUT2D eigenvalue weighted by Gasteiger charge is 2.10. The monoisotopic (exact) mass is 254 g/mol. The van der Waals surface area contributed by atoms with E-state index in [0.717, 1.165) is 12.0 Å². The molecule has 0 bridgehead atoms. The number of rotatable bonds is 4. The number of aromatic nitrogens is 3. The van der Waals surface area contributed by atoms with Gasteiger partial charge in [0.1, 0.15) is 0 Å². The van der Waals surface area contributed by atoms with Gasteiger partial charge in [-0.15, -0.1) is 12.4 Å². The summed E-state index contributed by atoms with van der Waals surface area (Å²) in [5, 5.41) is 7.06. The van der Waals surface area contributed by atoms with Crippen molar-refractivity contribution in [1.82, 2.24) is 20.4 Å². The fourth-order valence-electron chi connectivity index (χ4n) is 1.32. The zero-order chi connectivity index (χ0) is 11.4. The van der Waals surface area contributed by atoms with Crippen LogP contribution in [0.15, 0.2) is 29.0 Å². The van der Waals surface area contributed by atoms with E-state index in [2.05, 4.69) is 27.4 Å². The molecule has 0 aliphatic rings. The van der Waals surface area contributed by atoms with Gasteiger partial charge in [0.25, 0.3) is 5.89 Å². The first-order valence-corrected chi connectivity index (χ1v) is 5.20. The lowest BCUT2D eigenvalue weighted by molar-refractivity contribution is 0.418. The zero-order valence-corrected chi connectivity index (χ0v) is 10.6. The van der Waals surface area contributed by atoms with E-state index in [1.807, 2.05) is 19.2 Å². The molecule has 2 aromatic rings. The van der Waals surface area contributed by atoms with Gasteiger partial charge in [-0.1, -0.05) is 5.16 Å². The SMILES string of the molecule is CNC(C)Cc1noc(-c2cccnc2)n1.Cl. The first-order chi connectivity index (χ1) is 7.79. The van der Waals surface area contributed by atoms with E-state index in [4.69, 9.17) is 4.52 Å². The summed E-state index contributed by atoms with van der Waals surface area (Å²) in [5.41, 5.74) is 0.846. The van der Waals surface area contributed by atoms with Gasteiger partial charge in [0, 0.05) is 24.9 Å². The molecular formula is C11H15ClN4O. The van der Waals surface area contributed by atoms with Crippen LogP contribution in [0.25, 0.3) is 11.5 Å². The van der Waals surface area contributed by atoms with Crippen molar-refractivity contribution in [3.63, 3.8) is 0 Å². The Labute approximate surface area is 106 Å². The van der Waals surface area contributed by atoms with E-state index in [1.54, 1.807) is 12.4 Å². The molecule has 92 valence electrons. The Morgan fingerprint density at radius 2 is 2.29 bits per heavy atom. The fraction of sp³-hybridized carbons (Fsp3) is 0.364. The molecule has 0 aliphatic heterocycles. The number of likely N-dealkylation sites (N-methyl/N-ethyl adjacent to an activating group) is 1. The number of pyridine rings is 1. The van der Waals surface area contributed by atoms with Crippen LogP contribution in [0.2, 0.25) is 0 Å². The van der Waals surface area contributed by atoms with Gasteiger partial charge in [-0.3, -0.25) is 4.98 Å². The molecule has 0 saturated heterocycles. The lowest BCUT2D eigenvalue weighted by Crippen LogP contribution is -2.24. The summed E-state index contributed by atoms with van der Waals surface area (Å²) in [7, 11) is 1.91. The molecule has 5 nitrogen and oxygen atoms in total. The quantitative estimate of drug-likeness (QED) is 0.900. The number of nitrogens with one attached hydrogen (secondary N) is 1. The number of hydrogen-bond donors (Lipinski definition) is 1. The van der Waals surface area contributed by atoms with Crippen molar-refractivity contribution in [2.24, 2.45) is 0 Å². The van der Waals surface area contributed by atoms with Crippen molar-refractivity contribution in [2.75, 3.05) is 7.05 Å². The molecule has 0 saturated carbocycles. The highest BCUT2D eigenvalue weighted by Crippen LogP contribution is 2.15. The van der Waals surface area contributed by atoms with Gasteiger partial charge < -0.3 is 9.84 Å². The van der Waals surface area contributed by atoms with Crippen molar-refractivity contribution >= 4 is 12.4 Å². The Morgan fingerprint density at radius 3 is 2.94 bits per heavy atom. The first kappa shape index (κ1) is 13.6. The molecule has 2 aromatic heterocycles. The summed E-state index contributed by atoms with van der Waals surface area (Å²) in [6.07, 6.45) is 4.17. The molecule has 17 heavy (non-hydrogen) atoms. The van der Waals surface area contributed by atoms with Gasteiger partial charge in [0.15, 0.2) is 5.82 Å². The van der Waals surface area contributed by atoms with Gasteiger partial charge in [0.2, 0.25) is 0 Å². The zero-order valence-electron chi connectivity index (χ0n) is 9.75. The van der Waals surface area contributed by atoms with E-state index in [1.165, 1.54) is 0 Å². The Morgan fingerprint density at radius 1 is 1.47 bits per heavy atom. The predicted octanol–water partition coefficient (Wildman–Crippen LogP) is 1.70. The molecule has 0 aromatic carbocycles. The fourth-order valence-corrected chi connectivity index (χ4v) is 1.32. The summed E-state index contributed by atoms with van der Waals surface area (Å²) in [6, 6.07) is 4.07. The topological polar surface area (TPSA) is 63.8 Å². The number of hydrogen-bond acceptors (Lipinski definition) is 5. The van der Waals surface area contributed by atoms with Crippen LogP contribution >= 0.6 is 12.4 Å². The van der Waals surface area contributed by atoms with Gasteiger partial charge in [-0.2, -0.15) is 4.98 Å². The average Bonchev–Trinajstić information content (AvgIpc) is 2.78. The van der Waals surface area contributed by atoms with Crippen LogP contribution in [0.5, 0.6) is 0 Å². The van der Waals surface area contributed by atoms with E-state index in [0.29, 0.717) is 17.8 Å². The van der Waals surface area contributed by atoms with Crippen molar-refractivity contribution in [3.05, 3.63) is 30.4 Å². The maximum atomic E-state index is 5.17. The first-order valence-electron chi connectivity index (χ1n) is 5.20. The van der Waals surface area contributed by atoms with E-state index in [9.17, 15) is 0 Å². The Bertz CT molecular complexity index is 446. The lowest BCUT2D eigenvalue weighted by atomic mass is 10.2. The molecule has 1 N–H and O–H groups in total. The number of nitrogens with zero attached hydrogens (tertiary/aromatic N) is 3. The van der Waals surface area contributed by atoms with Crippen LogP contribution in [0.4, 0.5) is 0 Å². The summed E-state index contributed by atoms with van der Waals surface area (Å²) >= 11 is 0. The maximum absolute atomic E-state index is 5.17. The summed E-state index contributed by atoms with van der Waals surface area (Å²) in [4.78, 5) is 8.32. The second-order valence-corrected chi connectivity index (χ2v) is 3.65. The molecule has 1 unspecified atom stereocenters. The van der Waals surface area contributed by atoms with Crippen molar-refractivity contribution in [1.29, 1.82) is 0 Å². The largest absolute Gasteiger partial charge is 0.334 e. The molecule has 2 rings (SSSR count). The second-order valence-electron chi connectivity index (χ2n) is 3.65. The molecule has 0 spiro atoms. The van der Waals surface area contributed by atoms with Crippen molar-refractivity contribution in [2.45, 2.75) is 19.4 Å². The lowest BCUT2D eigenvalue weighted by Gasteiger charge is -2.04. The minimum absolute atomic E-state index is 0. The van der Waals surface area contributed by atoms with Crippen LogP contribution in [-0.2, 0) is 6.42 Å². The highest BCUT2D eigenvalue weighted by atomic mass is 35.5. The average molecular weight is 255 g/mol.